The molecule has 1 aromatic heterocycles. The van der Waals surface area contributed by atoms with E-state index in [4.69, 9.17) is 0 Å². The summed E-state index contributed by atoms with van der Waals surface area (Å²) in [4.78, 5) is 18.3. The first-order chi connectivity index (χ1) is 8.76. The average molecular weight is 264 g/mol. The molecule has 1 amide bonds. The van der Waals surface area contributed by atoms with Gasteiger partial charge in [-0.1, -0.05) is 32.8 Å². The number of hydrogen-bond acceptors (Lipinski definition) is 3. The molecule has 4 heteroatoms. The molecule has 1 saturated heterocycles. The summed E-state index contributed by atoms with van der Waals surface area (Å²) in [7, 11) is 0. The number of amides is 1. The van der Waals surface area contributed by atoms with E-state index in [1.54, 1.807) is 18.0 Å². The van der Waals surface area contributed by atoms with E-state index in [0.29, 0.717) is 23.6 Å². The minimum atomic E-state index is 0.252. The minimum Gasteiger partial charge on any atom is -0.324 e. The van der Waals surface area contributed by atoms with E-state index >= 15 is 0 Å². The quantitative estimate of drug-likeness (QED) is 0.820. The number of carbonyl (C=O) groups excluding carboxylic acids is 1. The van der Waals surface area contributed by atoms with Crippen LogP contribution in [0.2, 0.25) is 0 Å². The van der Waals surface area contributed by atoms with E-state index in [9.17, 15) is 4.79 Å². The molecule has 0 aromatic carbocycles. The summed E-state index contributed by atoms with van der Waals surface area (Å²) in [5, 5.41) is 0.328. The van der Waals surface area contributed by atoms with Crippen LogP contribution in [-0.4, -0.2) is 26.9 Å². The molecule has 1 aliphatic rings. The fourth-order valence-electron chi connectivity index (χ4n) is 2.40. The zero-order valence-electron chi connectivity index (χ0n) is 11.0. The fourth-order valence-corrected chi connectivity index (χ4v) is 3.91. The van der Waals surface area contributed by atoms with Crippen LogP contribution in [0.5, 0.6) is 0 Å². The van der Waals surface area contributed by atoms with Crippen molar-refractivity contribution in [3.63, 3.8) is 0 Å². The summed E-state index contributed by atoms with van der Waals surface area (Å²) in [6.45, 7) is 5.06. The lowest BCUT2D eigenvalue weighted by Crippen LogP contribution is -2.36. The highest BCUT2D eigenvalue weighted by atomic mass is 32.2. The van der Waals surface area contributed by atoms with Gasteiger partial charge in [0.2, 0.25) is 5.91 Å². The lowest BCUT2D eigenvalue weighted by Gasteiger charge is -2.29. The van der Waals surface area contributed by atoms with Crippen molar-refractivity contribution in [1.82, 2.24) is 9.88 Å². The van der Waals surface area contributed by atoms with E-state index in [0.717, 1.165) is 18.5 Å². The number of carbonyl (C=O) groups is 1. The smallest absolute Gasteiger partial charge is 0.233 e. The van der Waals surface area contributed by atoms with E-state index in [1.165, 1.54) is 0 Å². The highest BCUT2D eigenvalue weighted by Crippen LogP contribution is 2.34. The molecule has 1 unspecified atom stereocenters. The van der Waals surface area contributed by atoms with Crippen molar-refractivity contribution in [3.05, 3.63) is 30.1 Å². The number of nitrogens with zero attached hydrogens (tertiary/aromatic N) is 2. The number of pyridine rings is 1. The summed E-state index contributed by atoms with van der Waals surface area (Å²) in [6, 6.07) is 5.87. The standard InChI is InChI=1S/C14H20N2OS/c1-3-11(4-2)14-16(13(17)10-18-14)9-12-7-5-6-8-15-12/h5-8,11,14H,3-4,9-10H2,1-2H3. The molecule has 0 saturated carbocycles. The van der Waals surface area contributed by atoms with Gasteiger partial charge in [-0.05, 0) is 18.1 Å². The Bertz CT molecular complexity index is 392. The monoisotopic (exact) mass is 264 g/mol. The third-order valence-electron chi connectivity index (χ3n) is 3.52. The van der Waals surface area contributed by atoms with Crippen molar-refractivity contribution in [2.75, 3.05) is 5.75 Å². The van der Waals surface area contributed by atoms with Crippen molar-refractivity contribution in [3.8, 4) is 0 Å². The maximum absolute atomic E-state index is 12.0. The van der Waals surface area contributed by atoms with Gasteiger partial charge in [-0.2, -0.15) is 0 Å². The van der Waals surface area contributed by atoms with Crippen molar-refractivity contribution in [1.29, 1.82) is 0 Å². The third-order valence-corrected chi connectivity index (χ3v) is 4.91. The van der Waals surface area contributed by atoms with Crippen molar-refractivity contribution in [2.24, 2.45) is 5.92 Å². The molecule has 2 rings (SSSR count). The maximum atomic E-state index is 12.0. The number of aromatic nitrogens is 1. The number of hydrogen-bond donors (Lipinski definition) is 0. The molecule has 0 spiro atoms. The topological polar surface area (TPSA) is 33.2 Å². The van der Waals surface area contributed by atoms with E-state index < -0.39 is 0 Å². The molecule has 2 heterocycles. The molecule has 0 bridgehead atoms. The van der Waals surface area contributed by atoms with Gasteiger partial charge in [0, 0.05) is 6.20 Å². The fraction of sp³-hybridized carbons (Fsp3) is 0.571. The second kappa shape index (κ2) is 6.23. The van der Waals surface area contributed by atoms with Gasteiger partial charge >= 0.3 is 0 Å². The normalized spacial score (nSPS) is 19.8. The molecule has 0 N–H and O–H groups in total. The van der Waals surface area contributed by atoms with Gasteiger partial charge < -0.3 is 4.90 Å². The molecule has 18 heavy (non-hydrogen) atoms. The van der Waals surface area contributed by atoms with E-state index in [1.807, 2.05) is 23.1 Å². The van der Waals surface area contributed by atoms with Crippen LogP contribution in [0.25, 0.3) is 0 Å². The Morgan fingerprint density at radius 3 is 2.83 bits per heavy atom. The van der Waals surface area contributed by atoms with Crippen molar-refractivity contribution in [2.45, 2.75) is 38.6 Å². The van der Waals surface area contributed by atoms with Crippen LogP contribution >= 0.6 is 11.8 Å². The molecule has 3 nitrogen and oxygen atoms in total. The predicted octanol–water partition coefficient (Wildman–Crippen LogP) is 2.92. The van der Waals surface area contributed by atoms with Crippen LogP contribution in [-0.2, 0) is 11.3 Å². The lowest BCUT2D eigenvalue weighted by molar-refractivity contribution is -0.129. The molecule has 1 atom stereocenters. The first-order valence-electron chi connectivity index (χ1n) is 6.57. The third kappa shape index (κ3) is 2.86. The number of rotatable bonds is 5. The van der Waals surface area contributed by atoms with Crippen molar-refractivity contribution < 1.29 is 4.79 Å². The molecule has 98 valence electrons. The summed E-state index contributed by atoms with van der Waals surface area (Å²) in [5.74, 6) is 1.46. The van der Waals surface area contributed by atoms with Crippen LogP contribution in [0.1, 0.15) is 32.4 Å². The molecular formula is C14H20N2OS. The van der Waals surface area contributed by atoms with Crippen molar-refractivity contribution >= 4 is 17.7 Å². The van der Waals surface area contributed by atoms with Crippen LogP contribution < -0.4 is 0 Å². The molecule has 1 aliphatic heterocycles. The van der Waals surface area contributed by atoms with E-state index in [2.05, 4.69) is 18.8 Å². The SMILES string of the molecule is CCC(CC)C1SCC(=O)N1Cc1ccccn1. The van der Waals surface area contributed by atoms with E-state index in [-0.39, 0.29) is 5.91 Å². The lowest BCUT2D eigenvalue weighted by atomic mass is 10.0. The molecule has 1 fully saturated rings. The van der Waals surface area contributed by atoms with Crippen LogP contribution in [0.15, 0.2) is 24.4 Å². The largest absolute Gasteiger partial charge is 0.324 e. The Kier molecular flexibility index (Phi) is 4.64. The molecule has 1 aromatic rings. The zero-order chi connectivity index (χ0) is 13.0. The number of thioether (sulfide) groups is 1. The molecule has 0 radical (unpaired) electrons. The minimum absolute atomic E-state index is 0.252. The zero-order valence-corrected chi connectivity index (χ0v) is 11.8. The Labute approximate surface area is 113 Å². The highest BCUT2D eigenvalue weighted by Gasteiger charge is 2.35. The Morgan fingerprint density at radius 2 is 2.22 bits per heavy atom. The first kappa shape index (κ1) is 13.4. The second-order valence-electron chi connectivity index (χ2n) is 4.62. The van der Waals surface area contributed by atoms with Crippen LogP contribution in [0, 0.1) is 5.92 Å². The summed E-state index contributed by atoms with van der Waals surface area (Å²) in [5.41, 5.74) is 0.976. The Hall–Kier alpha value is -1.03. The highest BCUT2D eigenvalue weighted by molar-refractivity contribution is 8.01. The second-order valence-corrected chi connectivity index (χ2v) is 5.73. The van der Waals surface area contributed by atoms with Gasteiger partial charge in [0.05, 0.1) is 23.4 Å². The predicted molar refractivity (Wildman–Crippen MR) is 75.1 cm³/mol. The summed E-state index contributed by atoms with van der Waals surface area (Å²) in [6.07, 6.45) is 4.04. The van der Waals surface area contributed by atoms with Gasteiger partial charge in [-0.3, -0.25) is 9.78 Å². The first-order valence-corrected chi connectivity index (χ1v) is 7.62. The Balaban J connectivity index is 2.10. The molecule has 0 aliphatic carbocycles. The van der Waals surface area contributed by atoms with Gasteiger partial charge in [-0.25, -0.2) is 0 Å². The summed E-state index contributed by atoms with van der Waals surface area (Å²) >= 11 is 1.78. The summed E-state index contributed by atoms with van der Waals surface area (Å²) < 4.78 is 0. The van der Waals surface area contributed by atoms with Gasteiger partial charge in [-0.15, -0.1) is 11.8 Å². The molecular weight excluding hydrogens is 244 g/mol. The van der Waals surface area contributed by atoms with Crippen LogP contribution in [0.4, 0.5) is 0 Å². The van der Waals surface area contributed by atoms with Gasteiger partial charge in [0.15, 0.2) is 0 Å². The maximum Gasteiger partial charge on any atom is 0.233 e. The average Bonchev–Trinajstić information content (AvgIpc) is 2.75. The van der Waals surface area contributed by atoms with Gasteiger partial charge in [0.25, 0.3) is 0 Å². The van der Waals surface area contributed by atoms with Crippen LogP contribution in [0.3, 0.4) is 0 Å². The van der Waals surface area contributed by atoms with Gasteiger partial charge in [0.1, 0.15) is 0 Å². The Morgan fingerprint density at radius 1 is 1.44 bits per heavy atom.